The molecule has 3 heteroatoms. The Morgan fingerprint density at radius 3 is 2.80 bits per heavy atom. The number of carbonyl (C=O) groups is 1. The number of carbonyl (C=O) groups excluding carboxylic acids is 1. The summed E-state index contributed by atoms with van der Waals surface area (Å²) in [6.07, 6.45) is 4.13. The van der Waals surface area contributed by atoms with Crippen molar-refractivity contribution >= 4 is 5.91 Å². The third kappa shape index (κ3) is 2.94. The van der Waals surface area contributed by atoms with Crippen molar-refractivity contribution in [3.05, 3.63) is 0 Å². The maximum absolute atomic E-state index is 12.0. The van der Waals surface area contributed by atoms with Gasteiger partial charge in [0.25, 0.3) is 0 Å². The molecule has 1 aliphatic heterocycles. The van der Waals surface area contributed by atoms with Crippen LogP contribution in [0, 0.1) is 5.92 Å². The molecule has 0 aromatic carbocycles. The number of nitrogens with zero attached hydrogens (tertiary/aromatic N) is 1. The van der Waals surface area contributed by atoms with E-state index in [0.717, 1.165) is 25.8 Å². The Bertz CT molecular complexity index is 218. The first-order valence-electron chi connectivity index (χ1n) is 6.14. The van der Waals surface area contributed by atoms with E-state index in [1.807, 2.05) is 4.90 Å². The van der Waals surface area contributed by atoms with Crippen molar-refractivity contribution < 1.29 is 4.79 Å². The Morgan fingerprint density at radius 2 is 2.20 bits per heavy atom. The van der Waals surface area contributed by atoms with Crippen LogP contribution in [0.1, 0.15) is 46.5 Å². The second-order valence-corrected chi connectivity index (χ2v) is 4.79. The van der Waals surface area contributed by atoms with Gasteiger partial charge in [0, 0.05) is 12.6 Å². The molecule has 0 aromatic heterocycles. The van der Waals surface area contributed by atoms with Crippen LogP contribution in [-0.2, 0) is 4.79 Å². The highest BCUT2D eigenvalue weighted by Crippen LogP contribution is 2.23. The molecule has 1 fully saturated rings. The van der Waals surface area contributed by atoms with Crippen LogP contribution in [0.2, 0.25) is 0 Å². The smallest absolute Gasteiger partial charge is 0.239 e. The van der Waals surface area contributed by atoms with Gasteiger partial charge in [0.05, 0.1) is 6.04 Å². The van der Waals surface area contributed by atoms with Crippen molar-refractivity contribution in [2.75, 3.05) is 6.54 Å². The molecule has 1 amide bonds. The summed E-state index contributed by atoms with van der Waals surface area (Å²) in [5, 5.41) is 0. The van der Waals surface area contributed by atoms with Crippen molar-refractivity contribution in [1.29, 1.82) is 0 Å². The van der Waals surface area contributed by atoms with Crippen LogP contribution in [0.3, 0.4) is 0 Å². The van der Waals surface area contributed by atoms with E-state index in [0.29, 0.717) is 12.0 Å². The standard InChI is InChI=1S/C12H24N2O/c1-4-6-11(13)12(15)14-8-5-7-9(2)10(14)3/h9-11H,4-8,13H2,1-3H3. The van der Waals surface area contributed by atoms with Crippen molar-refractivity contribution in [1.82, 2.24) is 4.90 Å². The summed E-state index contributed by atoms with van der Waals surface area (Å²) in [5.41, 5.74) is 5.88. The first kappa shape index (κ1) is 12.5. The van der Waals surface area contributed by atoms with Gasteiger partial charge in [-0.05, 0) is 32.1 Å². The van der Waals surface area contributed by atoms with E-state index in [-0.39, 0.29) is 11.9 Å². The third-order valence-electron chi connectivity index (χ3n) is 3.57. The summed E-state index contributed by atoms with van der Waals surface area (Å²) < 4.78 is 0. The maximum Gasteiger partial charge on any atom is 0.239 e. The number of nitrogens with two attached hydrogens (primary N) is 1. The van der Waals surface area contributed by atoms with Crippen LogP contribution >= 0.6 is 0 Å². The summed E-state index contributed by atoms with van der Waals surface area (Å²) in [4.78, 5) is 14.0. The highest BCUT2D eigenvalue weighted by Gasteiger charge is 2.30. The monoisotopic (exact) mass is 212 g/mol. The summed E-state index contributed by atoms with van der Waals surface area (Å²) in [7, 11) is 0. The molecule has 0 spiro atoms. The van der Waals surface area contributed by atoms with Crippen LogP contribution in [-0.4, -0.2) is 29.4 Å². The quantitative estimate of drug-likeness (QED) is 0.775. The molecule has 3 nitrogen and oxygen atoms in total. The van der Waals surface area contributed by atoms with Gasteiger partial charge in [-0.2, -0.15) is 0 Å². The van der Waals surface area contributed by atoms with Gasteiger partial charge in [-0.3, -0.25) is 4.79 Å². The van der Waals surface area contributed by atoms with Crippen molar-refractivity contribution in [3.63, 3.8) is 0 Å². The first-order valence-corrected chi connectivity index (χ1v) is 6.14. The summed E-state index contributed by atoms with van der Waals surface area (Å²) in [6.45, 7) is 7.31. The fourth-order valence-corrected chi connectivity index (χ4v) is 2.29. The van der Waals surface area contributed by atoms with E-state index in [4.69, 9.17) is 5.73 Å². The number of hydrogen-bond acceptors (Lipinski definition) is 2. The van der Waals surface area contributed by atoms with Gasteiger partial charge < -0.3 is 10.6 Å². The van der Waals surface area contributed by atoms with Gasteiger partial charge in [0.1, 0.15) is 0 Å². The molecular weight excluding hydrogens is 188 g/mol. The second-order valence-electron chi connectivity index (χ2n) is 4.79. The van der Waals surface area contributed by atoms with Gasteiger partial charge in [-0.15, -0.1) is 0 Å². The lowest BCUT2D eigenvalue weighted by atomic mass is 9.91. The Kier molecular flexibility index (Phi) is 4.58. The minimum Gasteiger partial charge on any atom is -0.338 e. The Hall–Kier alpha value is -0.570. The SMILES string of the molecule is CCCC(N)C(=O)N1CCCC(C)C1C. The predicted molar refractivity (Wildman–Crippen MR) is 62.5 cm³/mol. The molecule has 0 aromatic rings. The van der Waals surface area contributed by atoms with Crippen LogP contribution in [0.25, 0.3) is 0 Å². The molecule has 1 heterocycles. The number of rotatable bonds is 3. The Balaban J connectivity index is 2.57. The lowest BCUT2D eigenvalue weighted by Crippen LogP contribution is -2.52. The molecule has 2 N–H and O–H groups in total. The molecule has 15 heavy (non-hydrogen) atoms. The van der Waals surface area contributed by atoms with E-state index in [2.05, 4.69) is 20.8 Å². The van der Waals surface area contributed by atoms with Crippen molar-refractivity contribution in [2.24, 2.45) is 11.7 Å². The van der Waals surface area contributed by atoms with Gasteiger partial charge in [-0.25, -0.2) is 0 Å². The van der Waals surface area contributed by atoms with Gasteiger partial charge in [0.15, 0.2) is 0 Å². The second kappa shape index (κ2) is 5.50. The Morgan fingerprint density at radius 1 is 1.53 bits per heavy atom. The number of piperidine rings is 1. The normalized spacial score (nSPS) is 28.9. The largest absolute Gasteiger partial charge is 0.338 e. The van der Waals surface area contributed by atoms with E-state index < -0.39 is 0 Å². The summed E-state index contributed by atoms with van der Waals surface area (Å²) >= 11 is 0. The van der Waals surface area contributed by atoms with E-state index in [1.54, 1.807) is 0 Å². The topological polar surface area (TPSA) is 46.3 Å². The zero-order valence-electron chi connectivity index (χ0n) is 10.2. The number of hydrogen-bond donors (Lipinski definition) is 1. The van der Waals surface area contributed by atoms with Gasteiger partial charge >= 0.3 is 0 Å². The minimum atomic E-state index is -0.289. The number of amides is 1. The molecule has 0 radical (unpaired) electrons. The average Bonchev–Trinajstić information content (AvgIpc) is 2.21. The highest BCUT2D eigenvalue weighted by molar-refractivity contribution is 5.82. The van der Waals surface area contributed by atoms with Crippen LogP contribution in [0.4, 0.5) is 0 Å². The fourth-order valence-electron chi connectivity index (χ4n) is 2.29. The van der Waals surface area contributed by atoms with Crippen molar-refractivity contribution in [3.8, 4) is 0 Å². The molecule has 1 saturated heterocycles. The molecule has 3 atom stereocenters. The van der Waals surface area contributed by atoms with Crippen LogP contribution in [0.5, 0.6) is 0 Å². The molecule has 1 rings (SSSR count). The lowest BCUT2D eigenvalue weighted by molar-refractivity contribution is -0.137. The van der Waals surface area contributed by atoms with E-state index in [1.165, 1.54) is 6.42 Å². The van der Waals surface area contributed by atoms with Gasteiger partial charge in [-0.1, -0.05) is 20.3 Å². The number of likely N-dealkylation sites (tertiary alicyclic amines) is 1. The van der Waals surface area contributed by atoms with E-state index >= 15 is 0 Å². The average molecular weight is 212 g/mol. The lowest BCUT2D eigenvalue weighted by Gasteiger charge is -2.39. The molecular formula is C12H24N2O. The summed E-state index contributed by atoms with van der Waals surface area (Å²) in [5.74, 6) is 0.757. The Labute approximate surface area is 93.0 Å². The molecule has 0 bridgehead atoms. The van der Waals surface area contributed by atoms with Crippen molar-refractivity contribution in [2.45, 2.75) is 58.5 Å². The molecule has 88 valence electrons. The molecule has 1 aliphatic rings. The van der Waals surface area contributed by atoms with Gasteiger partial charge in [0.2, 0.25) is 5.91 Å². The predicted octanol–water partition coefficient (Wildman–Crippen LogP) is 1.76. The molecule has 3 unspecified atom stereocenters. The zero-order valence-corrected chi connectivity index (χ0v) is 10.2. The summed E-state index contributed by atoms with van der Waals surface area (Å²) in [6, 6.07) is 0.0666. The fraction of sp³-hybridized carbons (Fsp3) is 0.917. The van der Waals surface area contributed by atoms with Crippen LogP contribution < -0.4 is 5.73 Å². The zero-order chi connectivity index (χ0) is 11.4. The first-order chi connectivity index (χ1) is 7.07. The molecule has 0 saturated carbocycles. The van der Waals surface area contributed by atoms with Crippen LogP contribution in [0.15, 0.2) is 0 Å². The molecule has 0 aliphatic carbocycles. The highest BCUT2D eigenvalue weighted by atomic mass is 16.2. The third-order valence-corrected chi connectivity index (χ3v) is 3.57. The maximum atomic E-state index is 12.0. The minimum absolute atomic E-state index is 0.149. The van der Waals surface area contributed by atoms with E-state index in [9.17, 15) is 4.79 Å².